The van der Waals surface area contributed by atoms with Crippen molar-refractivity contribution in [2.24, 2.45) is 4.99 Å². The molecule has 41 heavy (non-hydrogen) atoms. The van der Waals surface area contributed by atoms with Gasteiger partial charge in [-0.15, -0.1) is 11.3 Å². The number of rotatable bonds is 7. The van der Waals surface area contributed by atoms with E-state index in [1.54, 1.807) is 18.5 Å². The fourth-order valence-electron chi connectivity index (χ4n) is 4.96. The molecule has 5 heterocycles. The highest BCUT2D eigenvalue weighted by atomic mass is 35.5. The third kappa shape index (κ3) is 5.55. The maximum atomic E-state index is 14.0. The van der Waals surface area contributed by atoms with Crippen LogP contribution in [-0.4, -0.2) is 49.1 Å². The number of carbonyl (C=O) groups excluding carboxylic acids is 1. The predicted molar refractivity (Wildman–Crippen MR) is 148 cm³/mol. The number of aromatic nitrogens is 4. The zero-order valence-electron chi connectivity index (χ0n) is 21.2. The molecule has 4 aromatic rings. The Bertz CT molecular complexity index is 1630. The van der Waals surface area contributed by atoms with E-state index < -0.39 is 18.4 Å². The highest BCUT2D eigenvalue weighted by molar-refractivity contribution is 7.11. The van der Waals surface area contributed by atoms with Gasteiger partial charge in [0.1, 0.15) is 11.9 Å². The first-order valence-electron chi connectivity index (χ1n) is 12.6. The van der Waals surface area contributed by atoms with Crippen LogP contribution < -0.4 is 10.6 Å². The molecular formula is C27H22ClF3N8OS. The summed E-state index contributed by atoms with van der Waals surface area (Å²) < 4.78 is 41.6. The average Bonchev–Trinajstić information content (AvgIpc) is 3.73. The molecule has 2 aliphatic rings. The average molecular weight is 599 g/mol. The molecular weight excluding hydrogens is 577 g/mol. The van der Waals surface area contributed by atoms with E-state index in [4.69, 9.17) is 16.6 Å². The lowest BCUT2D eigenvalue weighted by Gasteiger charge is -2.32. The minimum absolute atomic E-state index is 0.138. The zero-order valence-corrected chi connectivity index (χ0v) is 22.8. The van der Waals surface area contributed by atoms with Gasteiger partial charge in [0.25, 0.3) is 0 Å². The molecule has 9 nitrogen and oxygen atoms in total. The zero-order chi connectivity index (χ0) is 28.5. The topological polar surface area (TPSA) is 100 Å². The van der Waals surface area contributed by atoms with Crippen LogP contribution in [0, 0.1) is 5.82 Å². The number of fused-ring (bicyclic) bond motifs is 1. The summed E-state index contributed by atoms with van der Waals surface area (Å²) in [6.07, 6.45) is 4.85. The molecule has 0 saturated carbocycles. The fraction of sp³-hybridized carbons (Fsp3) is 0.222. The van der Waals surface area contributed by atoms with Crippen molar-refractivity contribution in [3.05, 3.63) is 105 Å². The van der Waals surface area contributed by atoms with E-state index in [2.05, 4.69) is 25.7 Å². The molecule has 6 rings (SSSR count). The van der Waals surface area contributed by atoms with Gasteiger partial charge in [0.15, 0.2) is 10.8 Å². The van der Waals surface area contributed by atoms with Crippen LogP contribution in [0.4, 0.5) is 18.0 Å². The Morgan fingerprint density at radius 1 is 1.17 bits per heavy atom. The van der Waals surface area contributed by atoms with E-state index in [-0.39, 0.29) is 29.3 Å². The highest BCUT2D eigenvalue weighted by Crippen LogP contribution is 2.46. The number of benzene rings is 1. The first-order chi connectivity index (χ1) is 19.9. The number of hydrogen-bond donors (Lipinski definition) is 2. The quantitative estimate of drug-likeness (QED) is 0.296. The third-order valence-electron chi connectivity index (χ3n) is 6.72. The molecule has 2 atom stereocenters. The number of pyridine rings is 1. The normalized spacial score (nSPS) is 18.5. The number of nitrogens with one attached hydrogen (secondary N) is 2. The van der Waals surface area contributed by atoms with Crippen molar-refractivity contribution < 1.29 is 18.0 Å². The minimum Gasteiger partial charge on any atom is -0.333 e. The first kappa shape index (κ1) is 27.0. The fourth-order valence-corrected chi connectivity index (χ4v) is 5.87. The molecule has 1 fully saturated rings. The van der Waals surface area contributed by atoms with E-state index >= 15 is 0 Å². The Labute approximate surface area is 241 Å². The monoisotopic (exact) mass is 598 g/mol. The van der Waals surface area contributed by atoms with Crippen molar-refractivity contribution in [1.82, 2.24) is 35.3 Å². The molecule has 2 aliphatic heterocycles. The van der Waals surface area contributed by atoms with Gasteiger partial charge in [-0.25, -0.2) is 18.9 Å². The molecule has 0 unspecified atom stereocenters. The highest BCUT2D eigenvalue weighted by Gasteiger charge is 2.41. The summed E-state index contributed by atoms with van der Waals surface area (Å²) in [7, 11) is 0. The molecule has 1 aromatic carbocycles. The van der Waals surface area contributed by atoms with E-state index in [0.717, 1.165) is 5.70 Å². The summed E-state index contributed by atoms with van der Waals surface area (Å²) in [4.78, 5) is 28.4. The number of hydrogen-bond acceptors (Lipinski definition) is 7. The summed E-state index contributed by atoms with van der Waals surface area (Å²) in [6.45, 7) is -2.23. The van der Waals surface area contributed by atoms with E-state index in [1.165, 1.54) is 41.8 Å². The van der Waals surface area contributed by atoms with Gasteiger partial charge in [-0.3, -0.25) is 9.98 Å². The summed E-state index contributed by atoms with van der Waals surface area (Å²) in [6, 6.07) is 9.40. The number of halogens is 4. The molecule has 0 bridgehead atoms. The van der Waals surface area contributed by atoms with Gasteiger partial charge in [-0.2, -0.15) is 13.9 Å². The second-order valence-corrected chi connectivity index (χ2v) is 10.6. The molecule has 0 spiro atoms. The number of amides is 2. The van der Waals surface area contributed by atoms with E-state index in [1.807, 2.05) is 22.4 Å². The predicted octanol–water partition coefficient (Wildman–Crippen LogP) is 5.41. The number of urea groups is 1. The van der Waals surface area contributed by atoms with Gasteiger partial charge in [-0.05, 0) is 30.3 Å². The van der Waals surface area contributed by atoms with Gasteiger partial charge >= 0.3 is 12.6 Å². The minimum atomic E-state index is -2.84. The number of aliphatic imine (C=N–C) groups is 1. The van der Waals surface area contributed by atoms with Crippen molar-refractivity contribution in [3.63, 3.8) is 0 Å². The number of amidine groups is 1. The molecule has 2 amide bonds. The smallest absolute Gasteiger partial charge is 0.333 e. The lowest BCUT2D eigenvalue weighted by Crippen LogP contribution is -2.44. The van der Waals surface area contributed by atoms with Crippen LogP contribution >= 0.6 is 22.9 Å². The maximum absolute atomic E-state index is 14.0. The number of alkyl halides is 2. The van der Waals surface area contributed by atoms with Crippen LogP contribution in [0.2, 0.25) is 5.02 Å². The molecule has 210 valence electrons. The summed E-state index contributed by atoms with van der Waals surface area (Å²) in [5.41, 5.74) is 2.74. The molecule has 1 saturated heterocycles. The van der Waals surface area contributed by atoms with Gasteiger partial charge in [-0.1, -0.05) is 23.7 Å². The lowest BCUT2D eigenvalue weighted by atomic mass is 9.92. The standard InChI is InChI=1S/C27H22ClF3N8OS/c28-19-11-15(29)4-5-18(19)23-22(20-6-9-39(37-20)26(30)31)21-12-17(14-38(21)24(36-23)25-33-8-10-41-25)35-27(40)34-13-16-3-1-2-7-32-16/h1-11,17,23,26H,12-14H2,(H2,34,35,40)/t17-,23-/m0/s1. The summed E-state index contributed by atoms with van der Waals surface area (Å²) >= 11 is 7.88. The van der Waals surface area contributed by atoms with Crippen molar-refractivity contribution in [2.45, 2.75) is 31.6 Å². The summed E-state index contributed by atoms with van der Waals surface area (Å²) in [5, 5.41) is 12.5. The Balaban J connectivity index is 1.39. The van der Waals surface area contributed by atoms with E-state index in [0.29, 0.717) is 45.3 Å². The molecule has 14 heteroatoms. The Morgan fingerprint density at radius 3 is 2.76 bits per heavy atom. The lowest BCUT2D eigenvalue weighted by molar-refractivity contribution is 0.0564. The molecule has 2 N–H and O–H groups in total. The van der Waals surface area contributed by atoms with Crippen molar-refractivity contribution in [3.8, 4) is 0 Å². The third-order valence-corrected chi connectivity index (χ3v) is 7.81. The number of carbonyl (C=O) groups is 1. The van der Waals surface area contributed by atoms with Crippen LogP contribution in [0.15, 0.2) is 77.1 Å². The first-order valence-corrected chi connectivity index (χ1v) is 13.8. The summed E-state index contributed by atoms with van der Waals surface area (Å²) in [5.74, 6) is 0.0222. The SMILES string of the molecule is O=C(NCc1ccccn1)N[C@H]1CC2=C(c3ccn(C(F)F)n3)[C@H](c3ccc(F)cc3Cl)N=C(c3nccs3)N2C1. The van der Waals surface area contributed by atoms with Crippen molar-refractivity contribution >= 4 is 40.4 Å². The van der Waals surface area contributed by atoms with Crippen LogP contribution in [0.3, 0.4) is 0 Å². The van der Waals surface area contributed by atoms with Gasteiger partial charge in [0, 0.05) is 58.8 Å². The van der Waals surface area contributed by atoms with Crippen LogP contribution in [0.5, 0.6) is 0 Å². The number of nitrogens with zero attached hydrogens (tertiary/aromatic N) is 6. The second kappa shape index (κ2) is 11.3. The van der Waals surface area contributed by atoms with Crippen molar-refractivity contribution in [2.75, 3.05) is 6.54 Å². The maximum Gasteiger partial charge on any atom is 0.333 e. The Kier molecular flexibility index (Phi) is 7.45. The van der Waals surface area contributed by atoms with Crippen molar-refractivity contribution in [1.29, 1.82) is 0 Å². The second-order valence-electron chi connectivity index (χ2n) is 9.34. The Hall–Kier alpha value is -4.23. The van der Waals surface area contributed by atoms with E-state index in [9.17, 15) is 18.0 Å². The van der Waals surface area contributed by atoms with Crippen LogP contribution in [0.1, 0.15) is 41.0 Å². The molecule has 0 aliphatic carbocycles. The van der Waals surface area contributed by atoms with Gasteiger partial charge < -0.3 is 15.5 Å². The Morgan fingerprint density at radius 2 is 2.05 bits per heavy atom. The van der Waals surface area contributed by atoms with Gasteiger partial charge in [0.05, 0.1) is 24.0 Å². The molecule has 0 radical (unpaired) electrons. The largest absolute Gasteiger partial charge is 0.333 e. The molecule has 3 aromatic heterocycles. The number of thiazole rings is 1. The van der Waals surface area contributed by atoms with Crippen LogP contribution in [-0.2, 0) is 6.54 Å². The van der Waals surface area contributed by atoms with Crippen LogP contribution in [0.25, 0.3) is 5.57 Å². The van der Waals surface area contributed by atoms with Gasteiger partial charge in [0.2, 0.25) is 0 Å².